The monoisotopic (exact) mass is 383 g/mol. The fourth-order valence-corrected chi connectivity index (χ4v) is 2.46. The SMILES string of the molecule is COC(=O)c1ccccc1Nc1ccnc(C(=O)Nc2c(F)cccc2F)c1. The highest BCUT2D eigenvalue weighted by Crippen LogP contribution is 2.23. The number of hydrogen-bond acceptors (Lipinski definition) is 5. The second kappa shape index (κ2) is 8.26. The van der Waals surface area contributed by atoms with E-state index in [1.54, 1.807) is 30.3 Å². The maximum atomic E-state index is 13.7. The van der Waals surface area contributed by atoms with Crippen LogP contribution in [0.1, 0.15) is 20.8 Å². The molecule has 0 fully saturated rings. The van der Waals surface area contributed by atoms with Crippen molar-refractivity contribution >= 4 is 28.9 Å². The molecule has 0 spiro atoms. The highest BCUT2D eigenvalue weighted by atomic mass is 19.1. The summed E-state index contributed by atoms with van der Waals surface area (Å²) in [5, 5.41) is 5.17. The number of esters is 1. The van der Waals surface area contributed by atoms with E-state index in [-0.39, 0.29) is 5.69 Å². The van der Waals surface area contributed by atoms with E-state index in [1.807, 2.05) is 0 Å². The lowest BCUT2D eigenvalue weighted by Gasteiger charge is -2.12. The number of nitrogens with one attached hydrogen (secondary N) is 2. The maximum Gasteiger partial charge on any atom is 0.339 e. The van der Waals surface area contributed by atoms with Crippen LogP contribution in [0.15, 0.2) is 60.8 Å². The predicted molar refractivity (Wildman–Crippen MR) is 99.6 cm³/mol. The summed E-state index contributed by atoms with van der Waals surface area (Å²) in [7, 11) is 1.27. The van der Waals surface area contributed by atoms with Crippen LogP contribution in [0.4, 0.5) is 25.8 Å². The minimum absolute atomic E-state index is 0.0665. The van der Waals surface area contributed by atoms with Gasteiger partial charge in [0.25, 0.3) is 5.91 Å². The number of carbonyl (C=O) groups is 2. The molecule has 0 saturated carbocycles. The Morgan fingerprint density at radius 1 is 1.00 bits per heavy atom. The average Bonchev–Trinajstić information content (AvgIpc) is 2.71. The average molecular weight is 383 g/mol. The molecule has 3 rings (SSSR count). The van der Waals surface area contributed by atoms with E-state index in [1.165, 1.54) is 25.4 Å². The van der Waals surface area contributed by atoms with Gasteiger partial charge in [0.2, 0.25) is 0 Å². The first kappa shape index (κ1) is 19.0. The quantitative estimate of drug-likeness (QED) is 0.647. The Morgan fingerprint density at radius 3 is 2.43 bits per heavy atom. The summed E-state index contributed by atoms with van der Waals surface area (Å²) in [6.07, 6.45) is 1.36. The van der Waals surface area contributed by atoms with Gasteiger partial charge in [-0.15, -0.1) is 0 Å². The number of ether oxygens (including phenoxy) is 1. The highest BCUT2D eigenvalue weighted by molar-refractivity contribution is 6.03. The zero-order valence-electron chi connectivity index (χ0n) is 14.7. The van der Waals surface area contributed by atoms with E-state index in [4.69, 9.17) is 4.74 Å². The van der Waals surface area contributed by atoms with Crippen molar-refractivity contribution in [1.29, 1.82) is 0 Å². The molecule has 8 heteroatoms. The number of nitrogens with zero attached hydrogens (tertiary/aromatic N) is 1. The zero-order chi connectivity index (χ0) is 20.1. The molecule has 6 nitrogen and oxygen atoms in total. The Hall–Kier alpha value is -3.81. The molecule has 0 aliphatic carbocycles. The number of halogens is 2. The fraction of sp³-hybridized carbons (Fsp3) is 0.0500. The molecular weight excluding hydrogens is 368 g/mol. The standard InChI is InChI=1S/C20H15F2N3O3/c1-28-20(27)13-5-2-3-8-16(13)24-12-9-10-23-17(11-12)19(26)25-18-14(21)6-4-7-15(18)22/h2-11H,1H3,(H,23,24)(H,25,26). The molecule has 0 saturated heterocycles. The topological polar surface area (TPSA) is 80.3 Å². The van der Waals surface area contributed by atoms with Crippen LogP contribution in [0.5, 0.6) is 0 Å². The van der Waals surface area contributed by atoms with Crippen molar-refractivity contribution in [3.8, 4) is 0 Å². The van der Waals surface area contributed by atoms with Gasteiger partial charge in [0.05, 0.1) is 18.4 Å². The van der Waals surface area contributed by atoms with E-state index in [2.05, 4.69) is 15.6 Å². The van der Waals surface area contributed by atoms with Crippen LogP contribution >= 0.6 is 0 Å². The first-order valence-electron chi connectivity index (χ1n) is 8.15. The third-order valence-electron chi connectivity index (χ3n) is 3.81. The minimum Gasteiger partial charge on any atom is -0.465 e. The number of benzene rings is 2. The molecule has 2 aromatic carbocycles. The molecule has 3 aromatic rings. The molecule has 1 amide bonds. The molecule has 0 unspecified atom stereocenters. The predicted octanol–water partition coefficient (Wildman–Crippen LogP) is 4.14. The molecule has 2 N–H and O–H groups in total. The number of para-hydroxylation sites is 2. The first-order valence-corrected chi connectivity index (χ1v) is 8.15. The number of hydrogen-bond donors (Lipinski definition) is 2. The van der Waals surface area contributed by atoms with Gasteiger partial charge in [0, 0.05) is 11.9 Å². The lowest BCUT2D eigenvalue weighted by molar-refractivity contribution is 0.0601. The van der Waals surface area contributed by atoms with Crippen molar-refractivity contribution in [1.82, 2.24) is 4.98 Å². The third kappa shape index (κ3) is 4.12. The van der Waals surface area contributed by atoms with Gasteiger partial charge in [-0.3, -0.25) is 9.78 Å². The number of pyridine rings is 1. The smallest absolute Gasteiger partial charge is 0.339 e. The Morgan fingerprint density at radius 2 is 1.71 bits per heavy atom. The molecule has 0 radical (unpaired) electrons. The van der Waals surface area contributed by atoms with Crippen LogP contribution in [0.2, 0.25) is 0 Å². The molecular formula is C20H15F2N3O3. The summed E-state index contributed by atoms with van der Waals surface area (Å²) in [5.41, 5.74) is 0.603. The van der Waals surface area contributed by atoms with Crippen LogP contribution in [-0.2, 0) is 4.74 Å². The van der Waals surface area contributed by atoms with Gasteiger partial charge in [-0.05, 0) is 36.4 Å². The molecule has 1 aromatic heterocycles. The van der Waals surface area contributed by atoms with Gasteiger partial charge >= 0.3 is 5.97 Å². The van der Waals surface area contributed by atoms with E-state index < -0.39 is 29.2 Å². The summed E-state index contributed by atoms with van der Waals surface area (Å²) in [6, 6.07) is 12.9. The summed E-state index contributed by atoms with van der Waals surface area (Å²) >= 11 is 0. The van der Waals surface area contributed by atoms with E-state index in [9.17, 15) is 18.4 Å². The van der Waals surface area contributed by atoms with Crippen molar-refractivity contribution < 1.29 is 23.1 Å². The Kier molecular flexibility index (Phi) is 5.59. The van der Waals surface area contributed by atoms with Crippen molar-refractivity contribution in [2.24, 2.45) is 0 Å². The molecule has 28 heavy (non-hydrogen) atoms. The summed E-state index contributed by atoms with van der Waals surface area (Å²) < 4.78 is 32.2. The zero-order valence-corrected chi connectivity index (χ0v) is 14.7. The minimum atomic E-state index is -0.894. The molecule has 0 aliphatic rings. The molecule has 0 atom stereocenters. The summed E-state index contributed by atoms with van der Waals surface area (Å²) in [6.45, 7) is 0. The van der Waals surface area contributed by atoms with Crippen molar-refractivity contribution in [2.75, 3.05) is 17.7 Å². The fourth-order valence-electron chi connectivity index (χ4n) is 2.46. The molecule has 142 valence electrons. The number of anilines is 3. The summed E-state index contributed by atoms with van der Waals surface area (Å²) in [5.74, 6) is -3.09. The van der Waals surface area contributed by atoms with Crippen LogP contribution in [0, 0.1) is 11.6 Å². The number of aromatic nitrogens is 1. The van der Waals surface area contributed by atoms with Gasteiger partial charge in [-0.25, -0.2) is 13.6 Å². The number of carbonyl (C=O) groups excluding carboxylic acids is 2. The van der Waals surface area contributed by atoms with Crippen LogP contribution < -0.4 is 10.6 Å². The van der Waals surface area contributed by atoms with E-state index in [0.717, 1.165) is 12.1 Å². The Labute approximate surface area is 159 Å². The second-order valence-corrected chi connectivity index (χ2v) is 5.64. The van der Waals surface area contributed by atoms with Gasteiger partial charge in [0.15, 0.2) is 0 Å². The first-order chi connectivity index (χ1) is 13.5. The summed E-state index contributed by atoms with van der Waals surface area (Å²) in [4.78, 5) is 28.1. The van der Waals surface area contributed by atoms with Crippen molar-refractivity contribution in [2.45, 2.75) is 0 Å². The van der Waals surface area contributed by atoms with Crippen molar-refractivity contribution in [3.63, 3.8) is 0 Å². The lowest BCUT2D eigenvalue weighted by Crippen LogP contribution is -2.16. The van der Waals surface area contributed by atoms with E-state index in [0.29, 0.717) is 16.9 Å². The highest BCUT2D eigenvalue weighted by Gasteiger charge is 2.16. The molecule has 1 heterocycles. The van der Waals surface area contributed by atoms with Crippen LogP contribution in [0.3, 0.4) is 0 Å². The second-order valence-electron chi connectivity index (χ2n) is 5.64. The van der Waals surface area contributed by atoms with Crippen molar-refractivity contribution in [3.05, 3.63) is 83.7 Å². The maximum absolute atomic E-state index is 13.7. The lowest BCUT2D eigenvalue weighted by atomic mass is 10.1. The third-order valence-corrected chi connectivity index (χ3v) is 3.81. The number of amides is 1. The van der Waals surface area contributed by atoms with Gasteiger partial charge in [0.1, 0.15) is 23.0 Å². The van der Waals surface area contributed by atoms with Crippen LogP contribution in [-0.4, -0.2) is 24.0 Å². The molecule has 0 aliphatic heterocycles. The van der Waals surface area contributed by atoms with Gasteiger partial charge in [-0.1, -0.05) is 18.2 Å². The largest absolute Gasteiger partial charge is 0.465 e. The number of rotatable bonds is 5. The van der Waals surface area contributed by atoms with Crippen LogP contribution in [0.25, 0.3) is 0 Å². The van der Waals surface area contributed by atoms with Gasteiger partial charge < -0.3 is 15.4 Å². The van der Waals surface area contributed by atoms with Gasteiger partial charge in [-0.2, -0.15) is 0 Å². The number of methoxy groups -OCH3 is 1. The normalized spacial score (nSPS) is 10.2. The molecule has 0 bridgehead atoms. The Balaban J connectivity index is 1.83. The van der Waals surface area contributed by atoms with E-state index >= 15 is 0 Å². The Bertz CT molecular complexity index is 1020.